The molecule has 24 heavy (non-hydrogen) atoms. The van der Waals surface area contributed by atoms with E-state index in [0.717, 1.165) is 6.42 Å². The van der Waals surface area contributed by atoms with Crippen LogP contribution in [0.1, 0.15) is 64.7 Å². The van der Waals surface area contributed by atoms with Gasteiger partial charge in [-0.25, -0.2) is 4.79 Å². The Labute approximate surface area is 144 Å². The molecular weight excluding hydrogens is 308 g/mol. The third-order valence-corrected chi connectivity index (χ3v) is 4.23. The maximum Gasteiger partial charge on any atom is 0.340 e. The minimum absolute atomic E-state index is 0.0961. The van der Waals surface area contributed by atoms with E-state index in [1.807, 2.05) is 41.5 Å². The first-order valence-corrected chi connectivity index (χ1v) is 8.24. The molecule has 1 rings (SSSR count). The average Bonchev–Trinajstić information content (AvgIpc) is 2.55. The smallest absolute Gasteiger partial charge is 0.340 e. The van der Waals surface area contributed by atoms with Crippen molar-refractivity contribution in [3.8, 4) is 5.75 Å². The van der Waals surface area contributed by atoms with E-state index in [2.05, 4.69) is 0 Å². The first-order chi connectivity index (χ1) is 11.1. The van der Waals surface area contributed by atoms with E-state index in [-0.39, 0.29) is 18.4 Å². The highest BCUT2D eigenvalue weighted by atomic mass is 16.7. The fourth-order valence-corrected chi connectivity index (χ4v) is 1.48. The van der Waals surface area contributed by atoms with E-state index in [0.29, 0.717) is 17.7 Å². The summed E-state index contributed by atoms with van der Waals surface area (Å²) in [5.41, 5.74) is -0.492. The molecule has 0 bridgehead atoms. The zero-order valence-corrected chi connectivity index (χ0v) is 15.5. The van der Waals surface area contributed by atoms with Crippen molar-refractivity contribution in [1.29, 1.82) is 0 Å². The Morgan fingerprint density at radius 3 is 2.04 bits per heavy atom. The minimum Gasteiger partial charge on any atom is -0.435 e. The molecule has 0 amide bonds. The van der Waals surface area contributed by atoms with Gasteiger partial charge in [-0.3, -0.25) is 4.79 Å². The molecule has 0 spiro atoms. The summed E-state index contributed by atoms with van der Waals surface area (Å²) >= 11 is 0. The van der Waals surface area contributed by atoms with Gasteiger partial charge in [-0.15, -0.1) is 0 Å². The Morgan fingerprint density at radius 2 is 1.54 bits per heavy atom. The van der Waals surface area contributed by atoms with Gasteiger partial charge < -0.3 is 14.2 Å². The van der Waals surface area contributed by atoms with Gasteiger partial charge in [-0.05, 0) is 64.8 Å². The molecule has 0 atom stereocenters. The molecule has 0 aliphatic carbocycles. The van der Waals surface area contributed by atoms with Crippen LogP contribution in [-0.2, 0) is 14.3 Å². The van der Waals surface area contributed by atoms with Gasteiger partial charge in [0, 0.05) is 0 Å². The van der Waals surface area contributed by atoms with Crippen molar-refractivity contribution in [3.05, 3.63) is 29.8 Å². The number of hydrogen-bond acceptors (Lipinski definition) is 5. The highest BCUT2D eigenvalue weighted by Gasteiger charge is 2.27. The molecule has 1 aromatic rings. The molecule has 0 saturated carbocycles. The maximum atomic E-state index is 12.0. The molecule has 0 radical (unpaired) electrons. The minimum atomic E-state index is -0.541. The van der Waals surface area contributed by atoms with Gasteiger partial charge in [0.05, 0.1) is 16.6 Å². The van der Waals surface area contributed by atoms with Crippen LogP contribution in [0.2, 0.25) is 0 Å². The predicted octanol–water partition coefficient (Wildman–Crippen LogP) is 4.35. The van der Waals surface area contributed by atoms with Crippen LogP contribution in [0, 0.1) is 5.41 Å². The highest BCUT2D eigenvalue weighted by molar-refractivity contribution is 5.89. The summed E-state index contributed by atoms with van der Waals surface area (Å²) in [4.78, 5) is 24.0. The van der Waals surface area contributed by atoms with Crippen molar-refractivity contribution in [2.24, 2.45) is 5.41 Å². The molecule has 0 heterocycles. The average molecular weight is 336 g/mol. The summed E-state index contributed by atoms with van der Waals surface area (Å²) in [6.45, 7) is 11.4. The van der Waals surface area contributed by atoms with E-state index in [1.54, 1.807) is 24.3 Å². The van der Waals surface area contributed by atoms with Crippen LogP contribution < -0.4 is 4.74 Å². The first-order valence-electron chi connectivity index (χ1n) is 8.24. The van der Waals surface area contributed by atoms with Crippen LogP contribution in [-0.4, -0.2) is 24.3 Å². The van der Waals surface area contributed by atoms with E-state index >= 15 is 0 Å². The summed E-state index contributed by atoms with van der Waals surface area (Å²) in [6.07, 6.45) is 1.50. The maximum absolute atomic E-state index is 12.0. The molecule has 5 heteroatoms. The summed E-state index contributed by atoms with van der Waals surface area (Å²) in [5, 5.41) is 0. The lowest BCUT2D eigenvalue weighted by atomic mass is 9.91. The topological polar surface area (TPSA) is 61.8 Å². The number of benzene rings is 1. The van der Waals surface area contributed by atoms with E-state index in [9.17, 15) is 9.59 Å². The van der Waals surface area contributed by atoms with E-state index < -0.39 is 11.4 Å². The molecule has 0 unspecified atom stereocenters. The van der Waals surface area contributed by atoms with Crippen molar-refractivity contribution in [2.45, 2.75) is 60.0 Å². The largest absolute Gasteiger partial charge is 0.435 e. The summed E-state index contributed by atoms with van der Waals surface area (Å²) in [5.74, 6) is -0.370. The third kappa shape index (κ3) is 5.96. The van der Waals surface area contributed by atoms with Gasteiger partial charge in [0.1, 0.15) is 5.75 Å². The van der Waals surface area contributed by atoms with Crippen molar-refractivity contribution in [2.75, 3.05) is 6.79 Å². The molecule has 134 valence electrons. The van der Waals surface area contributed by atoms with Gasteiger partial charge in [0.2, 0.25) is 0 Å². The van der Waals surface area contributed by atoms with E-state index in [4.69, 9.17) is 14.2 Å². The molecular formula is C19H28O5. The number of carbonyl (C=O) groups is 2. The SMILES string of the molecule is CCC(C)(C)OCOC(=O)c1ccc(OC(=O)C(C)(C)CC)cc1. The molecule has 0 fully saturated rings. The summed E-state index contributed by atoms with van der Waals surface area (Å²) in [6, 6.07) is 6.29. The van der Waals surface area contributed by atoms with Gasteiger partial charge in [0.25, 0.3) is 0 Å². The van der Waals surface area contributed by atoms with E-state index in [1.165, 1.54) is 0 Å². The van der Waals surface area contributed by atoms with Crippen molar-refractivity contribution >= 4 is 11.9 Å². The quantitative estimate of drug-likeness (QED) is 0.401. The Hall–Kier alpha value is -1.88. The molecule has 5 nitrogen and oxygen atoms in total. The van der Waals surface area contributed by atoms with Crippen LogP contribution in [0.25, 0.3) is 0 Å². The molecule has 0 aliphatic heterocycles. The Kier molecular flexibility index (Phi) is 6.96. The second-order valence-corrected chi connectivity index (χ2v) is 6.96. The zero-order chi connectivity index (χ0) is 18.4. The summed E-state index contributed by atoms with van der Waals surface area (Å²) < 4.78 is 15.9. The molecule has 0 aliphatic rings. The zero-order valence-electron chi connectivity index (χ0n) is 15.5. The van der Waals surface area contributed by atoms with Gasteiger partial charge in [-0.2, -0.15) is 0 Å². The Balaban J connectivity index is 2.58. The molecule has 1 aromatic carbocycles. The van der Waals surface area contributed by atoms with Gasteiger partial charge in [-0.1, -0.05) is 13.8 Å². The number of hydrogen-bond donors (Lipinski definition) is 0. The normalized spacial score (nSPS) is 11.9. The third-order valence-electron chi connectivity index (χ3n) is 4.23. The fourth-order valence-electron chi connectivity index (χ4n) is 1.48. The first kappa shape index (κ1) is 20.2. The molecule has 0 saturated heterocycles. The second kappa shape index (κ2) is 8.29. The van der Waals surface area contributed by atoms with Crippen molar-refractivity contribution in [1.82, 2.24) is 0 Å². The number of carbonyl (C=O) groups excluding carboxylic acids is 2. The Morgan fingerprint density at radius 1 is 0.958 bits per heavy atom. The van der Waals surface area contributed by atoms with Crippen LogP contribution >= 0.6 is 0 Å². The predicted molar refractivity (Wildman–Crippen MR) is 91.9 cm³/mol. The van der Waals surface area contributed by atoms with Gasteiger partial charge >= 0.3 is 11.9 Å². The lowest BCUT2D eigenvalue weighted by Crippen LogP contribution is -2.28. The van der Waals surface area contributed by atoms with Crippen LogP contribution in [0.15, 0.2) is 24.3 Å². The number of ether oxygens (including phenoxy) is 3. The Bertz CT molecular complexity index is 558. The van der Waals surface area contributed by atoms with Crippen molar-refractivity contribution < 1.29 is 23.8 Å². The monoisotopic (exact) mass is 336 g/mol. The van der Waals surface area contributed by atoms with Crippen LogP contribution in [0.4, 0.5) is 0 Å². The fraction of sp³-hybridized carbons (Fsp3) is 0.579. The van der Waals surface area contributed by atoms with Crippen molar-refractivity contribution in [3.63, 3.8) is 0 Å². The standard InChI is InChI=1S/C19H28O5/c1-7-18(3,4)17(21)24-15-11-9-14(10-12-15)16(20)22-13-23-19(5,6)8-2/h9-12H,7-8,13H2,1-6H3. The number of rotatable bonds is 8. The lowest BCUT2D eigenvalue weighted by Gasteiger charge is -2.22. The lowest BCUT2D eigenvalue weighted by molar-refractivity contribution is -0.144. The summed E-state index contributed by atoms with van der Waals surface area (Å²) in [7, 11) is 0. The molecule has 0 aromatic heterocycles. The molecule has 0 N–H and O–H groups in total. The second-order valence-electron chi connectivity index (χ2n) is 6.96. The number of esters is 2. The van der Waals surface area contributed by atoms with Crippen LogP contribution in [0.5, 0.6) is 5.75 Å². The highest BCUT2D eigenvalue weighted by Crippen LogP contribution is 2.24. The van der Waals surface area contributed by atoms with Crippen LogP contribution in [0.3, 0.4) is 0 Å². The van der Waals surface area contributed by atoms with Gasteiger partial charge in [0.15, 0.2) is 6.79 Å².